The van der Waals surface area contributed by atoms with E-state index >= 15 is 0 Å². The number of fused-ring (bicyclic) bond motifs is 1. The van der Waals surface area contributed by atoms with Crippen LogP contribution in [-0.4, -0.2) is 42.1 Å². The molecule has 126 valence electrons. The lowest BCUT2D eigenvalue weighted by Crippen LogP contribution is -2.39. The lowest BCUT2D eigenvalue weighted by Gasteiger charge is -2.27. The molecule has 2 bridgehead atoms. The van der Waals surface area contributed by atoms with Crippen molar-refractivity contribution < 1.29 is 19.1 Å². The first-order chi connectivity index (χ1) is 11.5. The van der Waals surface area contributed by atoms with E-state index in [1.54, 1.807) is 0 Å². The minimum Gasteiger partial charge on any atom is -0.469 e. The van der Waals surface area contributed by atoms with Gasteiger partial charge in [-0.1, -0.05) is 40.2 Å². The Morgan fingerprint density at radius 3 is 2.79 bits per heavy atom. The largest absolute Gasteiger partial charge is 0.469 e. The lowest BCUT2D eigenvalue weighted by molar-refractivity contribution is -0.151. The van der Waals surface area contributed by atoms with Crippen LogP contribution in [0.25, 0.3) is 0 Å². The number of hydrogen-bond donors (Lipinski definition) is 0. The lowest BCUT2D eigenvalue weighted by atomic mass is 9.77. The molecule has 5 nitrogen and oxygen atoms in total. The van der Waals surface area contributed by atoms with E-state index in [0.717, 1.165) is 10.0 Å². The molecule has 24 heavy (non-hydrogen) atoms. The van der Waals surface area contributed by atoms with Crippen LogP contribution >= 0.6 is 15.9 Å². The highest BCUT2D eigenvalue weighted by Gasteiger charge is 2.67. The average Bonchev–Trinajstić information content (AvgIpc) is 3.22. The molecule has 6 heteroatoms. The zero-order valence-electron chi connectivity index (χ0n) is 13.4. The van der Waals surface area contributed by atoms with Crippen molar-refractivity contribution in [1.82, 2.24) is 4.90 Å². The Kier molecular flexibility index (Phi) is 3.58. The van der Waals surface area contributed by atoms with Crippen molar-refractivity contribution in [3.8, 4) is 0 Å². The molecule has 4 rings (SSSR count). The van der Waals surface area contributed by atoms with Crippen molar-refractivity contribution >= 4 is 27.8 Å². The Morgan fingerprint density at radius 2 is 2.12 bits per heavy atom. The fraction of sp³-hybridized carbons (Fsp3) is 0.444. The van der Waals surface area contributed by atoms with Crippen molar-refractivity contribution in [2.75, 3.05) is 13.7 Å². The molecular weight excluding hydrogens is 374 g/mol. The molecule has 0 aromatic heterocycles. The van der Waals surface area contributed by atoms with E-state index in [2.05, 4.69) is 15.9 Å². The average molecular weight is 392 g/mol. The van der Waals surface area contributed by atoms with E-state index in [1.165, 1.54) is 7.11 Å². The molecule has 0 unspecified atom stereocenters. The molecule has 0 radical (unpaired) electrons. The van der Waals surface area contributed by atoms with Gasteiger partial charge in [-0.2, -0.15) is 0 Å². The zero-order chi connectivity index (χ0) is 17.1. The van der Waals surface area contributed by atoms with Crippen LogP contribution in [0.2, 0.25) is 0 Å². The van der Waals surface area contributed by atoms with E-state index in [0.29, 0.717) is 6.54 Å². The second-order valence-corrected chi connectivity index (χ2v) is 7.53. The van der Waals surface area contributed by atoms with Gasteiger partial charge in [-0.05, 0) is 24.6 Å². The van der Waals surface area contributed by atoms with Crippen LogP contribution in [0.1, 0.15) is 18.5 Å². The molecule has 3 heterocycles. The smallest absolute Gasteiger partial charge is 0.312 e. The maximum absolute atomic E-state index is 13.1. The molecule has 0 N–H and O–H groups in total. The van der Waals surface area contributed by atoms with Gasteiger partial charge in [-0.15, -0.1) is 0 Å². The van der Waals surface area contributed by atoms with Crippen LogP contribution in [0.4, 0.5) is 0 Å². The number of benzene rings is 1. The monoisotopic (exact) mass is 391 g/mol. The van der Waals surface area contributed by atoms with Crippen LogP contribution in [0.15, 0.2) is 40.9 Å². The standard InChI is InChI=1S/C18H18BrNO4/c1-10(11-3-5-12(19)6-4-11)20-9-18-8-7-13(24-18)14(17(22)23-2)15(18)16(20)21/h3-8,10,13-15H,9H2,1-2H3/t10-,13-,14+,15+,18-/m1/s1. The summed E-state index contributed by atoms with van der Waals surface area (Å²) in [6.45, 7) is 2.47. The van der Waals surface area contributed by atoms with Crippen molar-refractivity contribution in [3.05, 3.63) is 46.5 Å². The minimum atomic E-state index is -0.690. The number of ether oxygens (including phenoxy) is 2. The summed E-state index contributed by atoms with van der Waals surface area (Å²) in [6, 6.07) is 7.84. The number of halogens is 1. The zero-order valence-corrected chi connectivity index (χ0v) is 15.0. The summed E-state index contributed by atoms with van der Waals surface area (Å²) in [7, 11) is 1.35. The predicted molar refractivity (Wildman–Crippen MR) is 90.0 cm³/mol. The Balaban J connectivity index is 1.65. The second-order valence-electron chi connectivity index (χ2n) is 6.62. The van der Waals surface area contributed by atoms with E-state index < -0.39 is 17.4 Å². The molecule has 1 aromatic rings. The predicted octanol–water partition coefficient (Wildman–Crippen LogP) is 2.47. The van der Waals surface area contributed by atoms with Crippen molar-refractivity contribution in [1.29, 1.82) is 0 Å². The topological polar surface area (TPSA) is 55.8 Å². The van der Waals surface area contributed by atoms with Gasteiger partial charge in [0.25, 0.3) is 0 Å². The fourth-order valence-electron chi connectivity index (χ4n) is 4.18. The van der Waals surface area contributed by atoms with Crippen molar-refractivity contribution in [2.24, 2.45) is 11.8 Å². The van der Waals surface area contributed by atoms with Crippen LogP contribution in [0, 0.1) is 11.8 Å². The number of likely N-dealkylation sites (tertiary alicyclic amines) is 1. The van der Waals surface area contributed by atoms with Gasteiger partial charge >= 0.3 is 5.97 Å². The number of esters is 1. The van der Waals surface area contributed by atoms with E-state index in [9.17, 15) is 9.59 Å². The molecule has 5 atom stereocenters. The normalized spacial score (nSPS) is 34.5. The number of methoxy groups -OCH3 is 1. The van der Waals surface area contributed by atoms with Gasteiger partial charge in [0.15, 0.2) is 0 Å². The summed E-state index contributed by atoms with van der Waals surface area (Å²) in [5.74, 6) is -1.44. The third-order valence-corrected chi connectivity index (χ3v) is 5.95. The van der Waals surface area contributed by atoms with Gasteiger partial charge in [-0.25, -0.2) is 0 Å². The number of amides is 1. The summed E-state index contributed by atoms with van der Waals surface area (Å²) in [5, 5.41) is 0. The third-order valence-electron chi connectivity index (χ3n) is 5.42. The molecule has 2 fully saturated rings. The molecule has 0 saturated carbocycles. The quantitative estimate of drug-likeness (QED) is 0.586. The van der Waals surface area contributed by atoms with Crippen LogP contribution in [0.5, 0.6) is 0 Å². The first kappa shape index (κ1) is 15.8. The number of carbonyl (C=O) groups excluding carboxylic acids is 2. The number of nitrogens with zero attached hydrogens (tertiary/aromatic N) is 1. The van der Waals surface area contributed by atoms with Crippen molar-refractivity contribution in [2.45, 2.75) is 24.7 Å². The SMILES string of the molecule is COC(=O)[C@@H]1[C@H]2C(=O)N([C@H](C)c3ccc(Br)cc3)C[C@]23C=C[C@H]1O3. The molecule has 3 aliphatic heterocycles. The van der Waals surface area contributed by atoms with Gasteiger partial charge in [0.05, 0.1) is 31.7 Å². The summed E-state index contributed by atoms with van der Waals surface area (Å²) >= 11 is 3.43. The second kappa shape index (κ2) is 5.43. The van der Waals surface area contributed by atoms with E-state index in [-0.39, 0.29) is 24.0 Å². The molecular formula is C18H18BrNO4. The Morgan fingerprint density at radius 1 is 1.42 bits per heavy atom. The maximum Gasteiger partial charge on any atom is 0.312 e. The Labute approximate surface area is 148 Å². The highest BCUT2D eigenvalue weighted by atomic mass is 79.9. The molecule has 3 aliphatic rings. The molecule has 1 amide bonds. The van der Waals surface area contributed by atoms with E-state index in [1.807, 2.05) is 48.2 Å². The summed E-state index contributed by atoms with van der Waals surface area (Å²) in [5.41, 5.74) is 0.362. The van der Waals surface area contributed by atoms with Gasteiger partial charge in [0.2, 0.25) is 5.91 Å². The fourth-order valence-corrected chi connectivity index (χ4v) is 4.45. The van der Waals surface area contributed by atoms with Gasteiger partial charge in [0, 0.05) is 4.47 Å². The molecule has 2 saturated heterocycles. The van der Waals surface area contributed by atoms with Gasteiger partial charge < -0.3 is 14.4 Å². The first-order valence-corrected chi connectivity index (χ1v) is 8.77. The van der Waals surface area contributed by atoms with Gasteiger partial charge in [0.1, 0.15) is 11.5 Å². The highest BCUT2D eigenvalue weighted by molar-refractivity contribution is 9.10. The summed E-state index contributed by atoms with van der Waals surface area (Å²) in [4.78, 5) is 27.1. The minimum absolute atomic E-state index is 0.0346. The Bertz CT molecular complexity index is 731. The molecule has 1 spiro atoms. The molecule has 0 aliphatic carbocycles. The first-order valence-electron chi connectivity index (χ1n) is 7.98. The van der Waals surface area contributed by atoms with Gasteiger partial charge in [-0.3, -0.25) is 9.59 Å². The van der Waals surface area contributed by atoms with Crippen LogP contribution < -0.4 is 0 Å². The number of rotatable bonds is 3. The van der Waals surface area contributed by atoms with Crippen LogP contribution in [-0.2, 0) is 19.1 Å². The number of carbonyl (C=O) groups is 2. The maximum atomic E-state index is 13.1. The summed E-state index contributed by atoms with van der Waals surface area (Å²) in [6.07, 6.45) is 3.49. The third kappa shape index (κ3) is 2.09. The Hall–Kier alpha value is -1.66. The van der Waals surface area contributed by atoms with Crippen molar-refractivity contribution in [3.63, 3.8) is 0 Å². The summed E-state index contributed by atoms with van der Waals surface area (Å²) < 4.78 is 11.9. The molecule has 1 aromatic carbocycles. The van der Waals surface area contributed by atoms with E-state index in [4.69, 9.17) is 9.47 Å². The highest BCUT2D eigenvalue weighted by Crippen LogP contribution is 2.53. The number of hydrogen-bond acceptors (Lipinski definition) is 4. The van der Waals surface area contributed by atoms with Crippen LogP contribution in [0.3, 0.4) is 0 Å².